The molecular formula is C19H23N3O. The first-order valence-corrected chi connectivity index (χ1v) is 8.63. The maximum atomic E-state index is 12.4. The summed E-state index contributed by atoms with van der Waals surface area (Å²) in [5.41, 5.74) is 1.20. The number of imidazole rings is 1. The molecule has 2 saturated carbocycles. The summed E-state index contributed by atoms with van der Waals surface area (Å²) in [6, 6.07) is 10.2. The minimum Gasteiger partial charge on any atom is -0.313 e. The summed E-state index contributed by atoms with van der Waals surface area (Å²) in [6.45, 7) is 0.727. The fourth-order valence-electron chi connectivity index (χ4n) is 4.38. The lowest BCUT2D eigenvalue weighted by atomic mass is 9.86. The molecule has 2 fully saturated rings. The highest BCUT2D eigenvalue weighted by molar-refractivity contribution is 5.89. The van der Waals surface area contributed by atoms with Gasteiger partial charge in [-0.05, 0) is 42.6 Å². The van der Waals surface area contributed by atoms with Crippen LogP contribution in [0, 0.1) is 17.8 Å². The number of anilines is 1. The largest absolute Gasteiger partial charge is 0.313 e. The molecule has 4 heteroatoms. The smallest absolute Gasteiger partial charge is 0.226 e. The second kappa shape index (κ2) is 6.19. The standard InChI is InChI=1S/C19H23N3O/c23-18(12-17-11-15-6-7-16(17)10-15)21-19-20-8-9-22(19)13-14-4-2-1-3-5-14/h1-5,8-9,15-17H,6-7,10-13H2,(H,20,21,23)/t15-,16-,17+/m0/s1. The van der Waals surface area contributed by atoms with Gasteiger partial charge in [0.2, 0.25) is 11.9 Å². The van der Waals surface area contributed by atoms with Crippen molar-refractivity contribution in [3.05, 3.63) is 48.3 Å². The molecule has 1 N–H and O–H groups in total. The van der Waals surface area contributed by atoms with E-state index in [-0.39, 0.29) is 5.91 Å². The van der Waals surface area contributed by atoms with Crippen LogP contribution in [0.2, 0.25) is 0 Å². The lowest BCUT2D eigenvalue weighted by Crippen LogP contribution is -2.22. The lowest BCUT2D eigenvalue weighted by molar-refractivity contribution is -0.117. The molecule has 0 aliphatic heterocycles. The summed E-state index contributed by atoms with van der Waals surface area (Å²) in [5.74, 6) is 3.03. The van der Waals surface area contributed by atoms with E-state index in [1.807, 2.05) is 29.0 Å². The van der Waals surface area contributed by atoms with E-state index in [1.165, 1.54) is 31.2 Å². The van der Waals surface area contributed by atoms with Crippen LogP contribution in [0.1, 0.15) is 37.7 Å². The number of carbonyl (C=O) groups excluding carboxylic acids is 1. The fraction of sp³-hybridized carbons (Fsp3) is 0.474. The average Bonchev–Trinajstić information content (AvgIpc) is 3.26. The molecule has 2 aliphatic rings. The lowest BCUT2D eigenvalue weighted by Gasteiger charge is -2.20. The number of amides is 1. The maximum Gasteiger partial charge on any atom is 0.226 e. The van der Waals surface area contributed by atoms with E-state index < -0.39 is 0 Å². The quantitative estimate of drug-likeness (QED) is 0.915. The number of hydrogen-bond donors (Lipinski definition) is 1. The molecule has 2 bridgehead atoms. The third kappa shape index (κ3) is 3.16. The van der Waals surface area contributed by atoms with Crippen molar-refractivity contribution in [1.29, 1.82) is 0 Å². The molecular weight excluding hydrogens is 286 g/mol. The van der Waals surface area contributed by atoms with Gasteiger partial charge in [-0.15, -0.1) is 0 Å². The van der Waals surface area contributed by atoms with Crippen LogP contribution in [0.25, 0.3) is 0 Å². The van der Waals surface area contributed by atoms with E-state index in [0.29, 0.717) is 18.3 Å². The van der Waals surface area contributed by atoms with Crippen molar-refractivity contribution in [2.24, 2.45) is 17.8 Å². The number of carbonyl (C=O) groups is 1. The summed E-state index contributed by atoms with van der Waals surface area (Å²) in [4.78, 5) is 16.7. The second-order valence-corrected chi connectivity index (χ2v) is 7.05. The molecule has 2 aliphatic carbocycles. The summed E-state index contributed by atoms with van der Waals surface area (Å²) < 4.78 is 1.99. The number of nitrogens with zero attached hydrogens (tertiary/aromatic N) is 2. The minimum atomic E-state index is 0.114. The SMILES string of the molecule is O=C(C[C@H]1C[C@H]2CC[C@H]1C2)Nc1nccn1Cc1ccccc1. The Morgan fingerprint density at radius 2 is 2.09 bits per heavy atom. The van der Waals surface area contributed by atoms with Crippen molar-refractivity contribution in [1.82, 2.24) is 9.55 Å². The third-order valence-corrected chi connectivity index (χ3v) is 5.49. The Bertz CT molecular complexity index is 679. The highest BCUT2D eigenvalue weighted by Crippen LogP contribution is 2.49. The van der Waals surface area contributed by atoms with E-state index >= 15 is 0 Å². The van der Waals surface area contributed by atoms with Gasteiger partial charge in [0.15, 0.2) is 0 Å². The van der Waals surface area contributed by atoms with Crippen LogP contribution in [0.4, 0.5) is 5.95 Å². The van der Waals surface area contributed by atoms with Gasteiger partial charge in [-0.25, -0.2) is 4.98 Å². The van der Waals surface area contributed by atoms with Crippen molar-refractivity contribution in [2.45, 2.75) is 38.6 Å². The molecule has 23 heavy (non-hydrogen) atoms. The topological polar surface area (TPSA) is 46.9 Å². The molecule has 1 amide bonds. The van der Waals surface area contributed by atoms with Crippen molar-refractivity contribution < 1.29 is 4.79 Å². The van der Waals surface area contributed by atoms with Crippen LogP contribution >= 0.6 is 0 Å². The van der Waals surface area contributed by atoms with Gasteiger partial charge in [-0.2, -0.15) is 0 Å². The molecule has 120 valence electrons. The number of nitrogens with one attached hydrogen (secondary N) is 1. The second-order valence-electron chi connectivity index (χ2n) is 7.05. The summed E-state index contributed by atoms with van der Waals surface area (Å²) in [7, 11) is 0. The predicted molar refractivity (Wildman–Crippen MR) is 90.0 cm³/mol. The van der Waals surface area contributed by atoms with Crippen LogP contribution in [0.5, 0.6) is 0 Å². The molecule has 0 saturated heterocycles. The van der Waals surface area contributed by atoms with Gasteiger partial charge in [0.05, 0.1) is 6.54 Å². The van der Waals surface area contributed by atoms with Crippen LogP contribution < -0.4 is 5.32 Å². The minimum absolute atomic E-state index is 0.114. The van der Waals surface area contributed by atoms with E-state index in [2.05, 4.69) is 22.4 Å². The fourth-order valence-corrected chi connectivity index (χ4v) is 4.38. The predicted octanol–water partition coefficient (Wildman–Crippen LogP) is 3.70. The van der Waals surface area contributed by atoms with Crippen LogP contribution in [-0.2, 0) is 11.3 Å². The zero-order valence-corrected chi connectivity index (χ0v) is 13.3. The summed E-state index contributed by atoms with van der Waals surface area (Å²) in [6.07, 6.45) is 9.61. The van der Waals surface area contributed by atoms with E-state index in [1.54, 1.807) is 6.20 Å². The highest BCUT2D eigenvalue weighted by Gasteiger charge is 2.40. The molecule has 4 nitrogen and oxygen atoms in total. The van der Waals surface area contributed by atoms with Gasteiger partial charge in [0, 0.05) is 18.8 Å². The molecule has 0 unspecified atom stereocenters. The third-order valence-electron chi connectivity index (χ3n) is 5.49. The molecule has 1 aromatic heterocycles. The molecule has 4 rings (SSSR count). The van der Waals surface area contributed by atoms with Crippen molar-refractivity contribution in [3.63, 3.8) is 0 Å². The highest BCUT2D eigenvalue weighted by atomic mass is 16.1. The molecule has 3 atom stereocenters. The Labute approximate surface area is 136 Å². The maximum absolute atomic E-state index is 12.4. The van der Waals surface area contributed by atoms with Crippen LogP contribution in [0.3, 0.4) is 0 Å². The van der Waals surface area contributed by atoms with Crippen molar-refractivity contribution >= 4 is 11.9 Å². The van der Waals surface area contributed by atoms with Crippen molar-refractivity contribution in [3.8, 4) is 0 Å². The Balaban J connectivity index is 1.37. The number of rotatable bonds is 5. The van der Waals surface area contributed by atoms with E-state index in [9.17, 15) is 4.79 Å². The normalized spacial score (nSPS) is 25.7. The molecule has 1 heterocycles. The zero-order chi connectivity index (χ0) is 15.6. The number of benzene rings is 1. The van der Waals surface area contributed by atoms with Gasteiger partial charge in [-0.3, -0.25) is 10.1 Å². The first kappa shape index (κ1) is 14.5. The first-order valence-electron chi connectivity index (χ1n) is 8.63. The van der Waals surface area contributed by atoms with Crippen LogP contribution in [-0.4, -0.2) is 15.5 Å². The first-order chi connectivity index (χ1) is 11.3. The Morgan fingerprint density at radius 3 is 2.83 bits per heavy atom. The summed E-state index contributed by atoms with van der Waals surface area (Å²) >= 11 is 0. The number of fused-ring (bicyclic) bond motifs is 2. The zero-order valence-electron chi connectivity index (χ0n) is 13.3. The molecule has 2 aromatic rings. The molecule has 0 radical (unpaired) electrons. The van der Waals surface area contributed by atoms with Gasteiger partial charge in [-0.1, -0.05) is 36.8 Å². The van der Waals surface area contributed by atoms with Crippen LogP contribution in [0.15, 0.2) is 42.7 Å². The number of aromatic nitrogens is 2. The number of hydrogen-bond acceptors (Lipinski definition) is 2. The Kier molecular flexibility index (Phi) is 3.90. The van der Waals surface area contributed by atoms with Gasteiger partial charge in [0.25, 0.3) is 0 Å². The Morgan fingerprint density at radius 1 is 1.22 bits per heavy atom. The van der Waals surface area contributed by atoms with E-state index in [4.69, 9.17) is 0 Å². The monoisotopic (exact) mass is 309 g/mol. The van der Waals surface area contributed by atoms with Gasteiger partial charge < -0.3 is 4.57 Å². The van der Waals surface area contributed by atoms with E-state index in [0.717, 1.165) is 18.4 Å². The average molecular weight is 309 g/mol. The molecule has 0 spiro atoms. The van der Waals surface area contributed by atoms with Gasteiger partial charge in [0.1, 0.15) is 0 Å². The van der Waals surface area contributed by atoms with Crippen molar-refractivity contribution in [2.75, 3.05) is 5.32 Å². The Hall–Kier alpha value is -2.10. The molecule has 1 aromatic carbocycles. The van der Waals surface area contributed by atoms with Gasteiger partial charge >= 0.3 is 0 Å². The summed E-state index contributed by atoms with van der Waals surface area (Å²) in [5, 5.41) is 3.01.